The summed E-state index contributed by atoms with van der Waals surface area (Å²) >= 11 is 0. The van der Waals surface area contributed by atoms with E-state index in [1.54, 1.807) is 0 Å². The summed E-state index contributed by atoms with van der Waals surface area (Å²) in [6, 6.07) is 2.67. The number of rotatable bonds is 4. The third-order valence-corrected chi connectivity index (χ3v) is 3.23. The molecule has 1 aromatic rings. The maximum Gasteiger partial charge on any atom is 0.311 e. The number of aliphatic hydroxyl groups is 1. The first-order valence-electron chi connectivity index (χ1n) is 5.94. The number of nitrogen functional groups attached to an aromatic ring is 1. The largest absolute Gasteiger partial charge is 0.394 e. The highest BCUT2D eigenvalue weighted by Gasteiger charge is 2.34. The number of nitro groups is 1. The van der Waals surface area contributed by atoms with Crippen LogP contribution in [0.4, 0.5) is 17.3 Å². The van der Waals surface area contributed by atoms with E-state index in [2.05, 4.69) is 10.3 Å². The first-order chi connectivity index (χ1) is 9.06. The van der Waals surface area contributed by atoms with Gasteiger partial charge in [-0.25, -0.2) is 4.98 Å². The van der Waals surface area contributed by atoms with E-state index in [0.717, 1.165) is 0 Å². The molecule has 1 aromatic heterocycles. The molecule has 0 bridgehead atoms. The molecular weight excluding hydrogens is 252 g/mol. The second-order valence-corrected chi connectivity index (χ2v) is 4.54. The quantitative estimate of drug-likeness (QED) is 0.537. The van der Waals surface area contributed by atoms with Crippen molar-refractivity contribution >= 4 is 17.3 Å². The smallest absolute Gasteiger partial charge is 0.311 e. The fourth-order valence-electron chi connectivity index (χ4n) is 2.04. The number of ether oxygens (including phenoxy) is 1. The Labute approximate surface area is 109 Å². The fraction of sp³-hybridized carbons (Fsp3) is 0.545. The average molecular weight is 268 g/mol. The van der Waals surface area contributed by atoms with Crippen molar-refractivity contribution in [3.8, 4) is 0 Å². The summed E-state index contributed by atoms with van der Waals surface area (Å²) in [6.07, 6.45) is 1.11. The van der Waals surface area contributed by atoms with Gasteiger partial charge in [0.15, 0.2) is 0 Å². The molecule has 0 amide bonds. The van der Waals surface area contributed by atoms with Crippen LogP contribution in [0.5, 0.6) is 0 Å². The van der Waals surface area contributed by atoms with Crippen molar-refractivity contribution < 1.29 is 14.8 Å². The molecular formula is C11H16N4O4. The number of nitrogens with two attached hydrogens (primary N) is 1. The first-order valence-corrected chi connectivity index (χ1v) is 5.94. The number of nitrogens with zero attached hydrogens (tertiary/aromatic N) is 2. The molecule has 0 radical (unpaired) electrons. The third kappa shape index (κ3) is 2.91. The predicted molar refractivity (Wildman–Crippen MR) is 68.8 cm³/mol. The second-order valence-electron chi connectivity index (χ2n) is 4.54. The van der Waals surface area contributed by atoms with Gasteiger partial charge in [0.05, 0.1) is 17.1 Å². The molecule has 2 heterocycles. The molecule has 0 unspecified atom stereocenters. The van der Waals surface area contributed by atoms with E-state index in [9.17, 15) is 15.2 Å². The molecule has 0 aliphatic carbocycles. The molecule has 8 nitrogen and oxygen atoms in total. The Balaban J connectivity index is 2.30. The van der Waals surface area contributed by atoms with E-state index in [1.165, 1.54) is 12.1 Å². The summed E-state index contributed by atoms with van der Waals surface area (Å²) in [5, 5.41) is 23.5. The molecule has 4 N–H and O–H groups in total. The Morgan fingerprint density at radius 3 is 2.79 bits per heavy atom. The zero-order valence-electron chi connectivity index (χ0n) is 10.3. The van der Waals surface area contributed by atoms with Gasteiger partial charge in [0.1, 0.15) is 5.82 Å². The number of hydrogen-bond donors (Lipinski definition) is 3. The van der Waals surface area contributed by atoms with Crippen molar-refractivity contribution in [2.45, 2.75) is 18.4 Å². The average Bonchev–Trinajstić information content (AvgIpc) is 2.39. The van der Waals surface area contributed by atoms with Crippen LogP contribution in [0.1, 0.15) is 12.8 Å². The van der Waals surface area contributed by atoms with Gasteiger partial charge in [-0.15, -0.1) is 0 Å². The molecule has 8 heteroatoms. The Morgan fingerprint density at radius 1 is 1.53 bits per heavy atom. The van der Waals surface area contributed by atoms with Crippen LogP contribution >= 0.6 is 0 Å². The van der Waals surface area contributed by atoms with Crippen molar-refractivity contribution in [2.24, 2.45) is 0 Å². The monoisotopic (exact) mass is 268 g/mol. The minimum Gasteiger partial charge on any atom is -0.394 e. The lowest BCUT2D eigenvalue weighted by Crippen LogP contribution is -2.47. The number of hydrogen-bond acceptors (Lipinski definition) is 7. The van der Waals surface area contributed by atoms with Crippen LogP contribution in [-0.4, -0.2) is 40.4 Å². The highest BCUT2D eigenvalue weighted by Crippen LogP contribution is 2.30. The van der Waals surface area contributed by atoms with Crippen molar-refractivity contribution in [2.75, 3.05) is 30.9 Å². The van der Waals surface area contributed by atoms with Gasteiger partial charge < -0.3 is 20.9 Å². The van der Waals surface area contributed by atoms with Crippen molar-refractivity contribution in [3.05, 3.63) is 22.2 Å². The molecule has 104 valence electrons. The van der Waals surface area contributed by atoms with Gasteiger partial charge in [-0.2, -0.15) is 0 Å². The number of aliphatic hydroxyl groups excluding tert-OH is 1. The minimum absolute atomic E-state index is 0.0842. The molecule has 0 aromatic carbocycles. The van der Waals surface area contributed by atoms with Gasteiger partial charge in [-0.1, -0.05) is 0 Å². The molecule has 0 atom stereocenters. The molecule has 1 aliphatic rings. The van der Waals surface area contributed by atoms with Gasteiger partial charge in [-0.3, -0.25) is 10.1 Å². The number of anilines is 2. The van der Waals surface area contributed by atoms with Gasteiger partial charge in [0.25, 0.3) is 0 Å². The van der Waals surface area contributed by atoms with Crippen LogP contribution < -0.4 is 11.1 Å². The second kappa shape index (κ2) is 5.37. The molecule has 0 spiro atoms. The lowest BCUT2D eigenvalue weighted by molar-refractivity contribution is -0.384. The third-order valence-electron chi connectivity index (χ3n) is 3.23. The Kier molecular flexibility index (Phi) is 3.82. The van der Waals surface area contributed by atoms with E-state index < -0.39 is 10.5 Å². The van der Waals surface area contributed by atoms with Crippen LogP contribution in [-0.2, 0) is 4.74 Å². The molecule has 2 rings (SSSR count). The van der Waals surface area contributed by atoms with Crippen LogP contribution in [0, 0.1) is 10.1 Å². The standard InChI is InChI=1S/C11H16N4O4/c12-9-2-1-8(15(17)18)10(13-9)14-11(7-16)3-5-19-6-4-11/h1-2,16H,3-7H2,(H3,12,13,14). The van der Waals surface area contributed by atoms with Crippen LogP contribution in [0.25, 0.3) is 0 Å². The first kappa shape index (κ1) is 13.5. The molecule has 1 saturated heterocycles. The number of nitrogens with one attached hydrogen (secondary N) is 1. The summed E-state index contributed by atoms with van der Waals surface area (Å²) < 4.78 is 5.24. The van der Waals surface area contributed by atoms with Gasteiger partial charge >= 0.3 is 5.69 Å². The van der Waals surface area contributed by atoms with Crippen molar-refractivity contribution in [1.29, 1.82) is 0 Å². The van der Waals surface area contributed by atoms with E-state index in [0.29, 0.717) is 26.1 Å². The Bertz CT molecular complexity index is 474. The van der Waals surface area contributed by atoms with Crippen molar-refractivity contribution in [3.63, 3.8) is 0 Å². The molecule has 19 heavy (non-hydrogen) atoms. The molecule has 1 aliphatic heterocycles. The normalized spacial score (nSPS) is 17.9. The highest BCUT2D eigenvalue weighted by molar-refractivity contribution is 5.60. The maximum absolute atomic E-state index is 11.0. The van der Waals surface area contributed by atoms with Crippen molar-refractivity contribution in [1.82, 2.24) is 4.98 Å². The zero-order valence-corrected chi connectivity index (χ0v) is 10.3. The SMILES string of the molecule is Nc1ccc([N+](=O)[O-])c(NC2(CO)CCOCC2)n1. The number of aromatic nitrogens is 1. The van der Waals surface area contributed by atoms with Gasteiger partial charge in [0.2, 0.25) is 5.82 Å². The van der Waals surface area contributed by atoms with Gasteiger partial charge in [0, 0.05) is 19.3 Å². The topological polar surface area (TPSA) is 124 Å². The van der Waals surface area contributed by atoms with Crippen LogP contribution in [0.2, 0.25) is 0 Å². The lowest BCUT2D eigenvalue weighted by atomic mass is 9.91. The summed E-state index contributed by atoms with van der Waals surface area (Å²) in [7, 11) is 0. The molecule has 1 fully saturated rings. The predicted octanol–water partition coefficient (Wildman–Crippen LogP) is 0.525. The van der Waals surface area contributed by atoms with Crippen LogP contribution in [0.3, 0.4) is 0 Å². The lowest BCUT2D eigenvalue weighted by Gasteiger charge is -2.36. The van der Waals surface area contributed by atoms with Crippen LogP contribution in [0.15, 0.2) is 12.1 Å². The fourth-order valence-corrected chi connectivity index (χ4v) is 2.04. The summed E-state index contributed by atoms with van der Waals surface area (Å²) in [4.78, 5) is 14.4. The van der Waals surface area contributed by atoms with E-state index in [-0.39, 0.29) is 23.9 Å². The highest BCUT2D eigenvalue weighted by atomic mass is 16.6. The maximum atomic E-state index is 11.0. The summed E-state index contributed by atoms with van der Waals surface area (Å²) in [5.74, 6) is 0.272. The minimum atomic E-state index is -0.649. The van der Waals surface area contributed by atoms with E-state index >= 15 is 0 Å². The van der Waals surface area contributed by atoms with E-state index in [4.69, 9.17) is 10.5 Å². The Hall–Kier alpha value is -1.93. The summed E-state index contributed by atoms with van der Waals surface area (Å²) in [5.41, 5.74) is 4.75. The summed E-state index contributed by atoms with van der Waals surface area (Å²) in [6.45, 7) is 0.831. The van der Waals surface area contributed by atoms with E-state index in [1.807, 2.05) is 0 Å². The zero-order chi connectivity index (χ0) is 13.9. The van der Waals surface area contributed by atoms with Gasteiger partial charge in [-0.05, 0) is 18.9 Å². The number of pyridine rings is 1. The molecule has 0 saturated carbocycles. The Morgan fingerprint density at radius 2 is 2.21 bits per heavy atom.